The van der Waals surface area contributed by atoms with Crippen molar-refractivity contribution in [1.29, 1.82) is 0 Å². The molecule has 0 saturated carbocycles. The normalized spacial score (nSPS) is 12.1. The van der Waals surface area contributed by atoms with Crippen LogP contribution in [0.2, 0.25) is 0 Å². The highest BCUT2D eigenvalue weighted by atomic mass is 32.1. The summed E-state index contributed by atoms with van der Waals surface area (Å²) in [4.78, 5) is 5.40. The van der Waals surface area contributed by atoms with Crippen LogP contribution in [-0.4, -0.2) is 24.8 Å². The highest BCUT2D eigenvalue weighted by molar-refractivity contribution is 7.11. The van der Waals surface area contributed by atoms with Crippen LogP contribution in [-0.2, 0) is 24.3 Å². The first kappa shape index (κ1) is 15.4. The Labute approximate surface area is 108 Å². The van der Waals surface area contributed by atoms with Gasteiger partial charge in [-0.2, -0.15) is 13.2 Å². The van der Waals surface area contributed by atoms with Crippen LogP contribution >= 0.6 is 11.3 Å². The van der Waals surface area contributed by atoms with Gasteiger partial charge in [0.1, 0.15) is 11.6 Å². The molecule has 0 aliphatic heterocycles. The average Bonchev–Trinajstić information content (AvgIpc) is 2.60. The number of hydrogen-bond donors (Lipinski definition) is 1. The predicted octanol–water partition coefficient (Wildman–Crippen LogP) is 2.89. The molecule has 1 rings (SSSR count). The standard InChI is InChI=1S/C11H17F3N2OS/c1-3-4-8-9(5-15-2)18-10(16-8)6-17-7-11(12,13)14/h15H,3-7H2,1-2H3. The van der Waals surface area contributed by atoms with Gasteiger partial charge < -0.3 is 10.1 Å². The lowest BCUT2D eigenvalue weighted by Crippen LogP contribution is -2.16. The number of aromatic nitrogens is 1. The van der Waals surface area contributed by atoms with Crippen molar-refractivity contribution in [2.75, 3.05) is 13.7 Å². The van der Waals surface area contributed by atoms with E-state index >= 15 is 0 Å². The van der Waals surface area contributed by atoms with Crippen LogP contribution in [0, 0.1) is 0 Å². The Kier molecular flexibility index (Phi) is 6.04. The number of ether oxygens (including phenoxy) is 1. The number of thiazole rings is 1. The third kappa shape index (κ3) is 5.32. The predicted molar refractivity (Wildman–Crippen MR) is 64.6 cm³/mol. The van der Waals surface area contributed by atoms with E-state index < -0.39 is 12.8 Å². The summed E-state index contributed by atoms with van der Waals surface area (Å²) >= 11 is 1.41. The van der Waals surface area contributed by atoms with Crippen molar-refractivity contribution in [1.82, 2.24) is 10.3 Å². The molecule has 0 bridgehead atoms. The quantitative estimate of drug-likeness (QED) is 0.835. The molecule has 1 N–H and O–H groups in total. The largest absolute Gasteiger partial charge is 0.411 e. The number of alkyl halides is 3. The zero-order valence-electron chi connectivity index (χ0n) is 10.4. The van der Waals surface area contributed by atoms with Gasteiger partial charge in [0.25, 0.3) is 0 Å². The molecule has 0 aliphatic rings. The van der Waals surface area contributed by atoms with Crippen molar-refractivity contribution in [2.24, 2.45) is 0 Å². The summed E-state index contributed by atoms with van der Waals surface area (Å²) in [6, 6.07) is 0. The number of nitrogens with zero attached hydrogens (tertiary/aromatic N) is 1. The van der Waals surface area contributed by atoms with E-state index in [1.807, 2.05) is 14.0 Å². The molecule has 0 unspecified atom stereocenters. The highest BCUT2D eigenvalue weighted by Gasteiger charge is 2.27. The number of halogens is 3. The molecule has 0 fully saturated rings. The molecule has 0 aliphatic carbocycles. The van der Waals surface area contributed by atoms with Crippen molar-refractivity contribution in [3.05, 3.63) is 15.6 Å². The molecule has 7 heteroatoms. The molecule has 3 nitrogen and oxygen atoms in total. The Hall–Kier alpha value is -0.660. The smallest absolute Gasteiger partial charge is 0.365 e. The van der Waals surface area contributed by atoms with E-state index in [0.29, 0.717) is 11.6 Å². The molecule has 0 amide bonds. The van der Waals surface area contributed by atoms with Crippen molar-refractivity contribution in [3.8, 4) is 0 Å². The van der Waals surface area contributed by atoms with Crippen LogP contribution in [0.3, 0.4) is 0 Å². The SMILES string of the molecule is CCCc1nc(COCC(F)(F)F)sc1CNC. The topological polar surface area (TPSA) is 34.1 Å². The van der Waals surface area contributed by atoms with Crippen molar-refractivity contribution < 1.29 is 17.9 Å². The Morgan fingerprint density at radius 3 is 2.67 bits per heavy atom. The zero-order chi connectivity index (χ0) is 13.6. The van der Waals surface area contributed by atoms with Gasteiger partial charge in [-0.25, -0.2) is 4.98 Å². The lowest BCUT2D eigenvalue weighted by atomic mass is 10.2. The van der Waals surface area contributed by atoms with E-state index in [2.05, 4.69) is 15.0 Å². The van der Waals surface area contributed by atoms with E-state index in [4.69, 9.17) is 0 Å². The molecule has 0 saturated heterocycles. The fourth-order valence-corrected chi connectivity index (χ4v) is 2.55. The molecule has 0 radical (unpaired) electrons. The molecule has 18 heavy (non-hydrogen) atoms. The average molecular weight is 282 g/mol. The van der Waals surface area contributed by atoms with Crippen LogP contribution in [0.5, 0.6) is 0 Å². The second-order valence-corrected chi connectivity index (χ2v) is 5.03. The van der Waals surface area contributed by atoms with Gasteiger partial charge >= 0.3 is 6.18 Å². The van der Waals surface area contributed by atoms with E-state index in [9.17, 15) is 13.2 Å². The van der Waals surface area contributed by atoms with Crippen LogP contribution in [0.15, 0.2) is 0 Å². The van der Waals surface area contributed by atoms with Gasteiger partial charge in [-0.15, -0.1) is 11.3 Å². The second-order valence-electron chi connectivity index (χ2n) is 3.87. The fraction of sp³-hybridized carbons (Fsp3) is 0.727. The van der Waals surface area contributed by atoms with Gasteiger partial charge in [-0.1, -0.05) is 13.3 Å². The van der Waals surface area contributed by atoms with Gasteiger partial charge in [-0.3, -0.25) is 0 Å². The molecule has 1 aromatic rings. The van der Waals surface area contributed by atoms with Crippen LogP contribution in [0.1, 0.15) is 28.9 Å². The van der Waals surface area contributed by atoms with Crippen LogP contribution < -0.4 is 5.32 Å². The fourth-order valence-electron chi connectivity index (χ4n) is 1.48. The minimum absolute atomic E-state index is 0.0788. The van der Waals surface area contributed by atoms with Crippen molar-refractivity contribution >= 4 is 11.3 Å². The van der Waals surface area contributed by atoms with E-state index in [1.165, 1.54) is 11.3 Å². The van der Waals surface area contributed by atoms with E-state index in [-0.39, 0.29) is 6.61 Å². The Balaban J connectivity index is 2.57. The Morgan fingerprint density at radius 2 is 2.11 bits per heavy atom. The minimum atomic E-state index is -4.28. The van der Waals surface area contributed by atoms with Gasteiger partial charge in [0.2, 0.25) is 0 Å². The third-order valence-corrected chi connectivity index (χ3v) is 3.21. The second kappa shape index (κ2) is 7.06. The molecular formula is C11H17F3N2OS. The Bertz CT molecular complexity index is 342. The zero-order valence-corrected chi connectivity index (χ0v) is 11.2. The first-order chi connectivity index (χ1) is 8.46. The number of aryl methyl sites for hydroxylation is 1. The van der Waals surface area contributed by atoms with Gasteiger partial charge in [0.05, 0.1) is 12.3 Å². The summed E-state index contributed by atoms with van der Waals surface area (Å²) < 4.78 is 40.4. The maximum atomic E-state index is 11.9. The molecule has 1 heterocycles. The van der Waals surface area contributed by atoms with Crippen molar-refractivity contribution in [3.63, 3.8) is 0 Å². The van der Waals surface area contributed by atoms with Gasteiger partial charge in [0, 0.05) is 11.4 Å². The summed E-state index contributed by atoms with van der Waals surface area (Å²) in [5.41, 5.74) is 0.961. The molecule has 104 valence electrons. The van der Waals surface area contributed by atoms with Crippen LogP contribution in [0.4, 0.5) is 13.2 Å². The molecule has 1 aromatic heterocycles. The maximum absolute atomic E-state index is 11.9. The lowest BCUT2D eigenvalue weighted by molar-refractivity contribution is -0.176. The van der Waals surface area contributed by atoms with E-state index in [1.54, 1.807) is 0 Å². The van der Waals surface area contributed by atoms with Crippen molar-refractivity contribution in [2.45, 2.75) is 39.1 Å². The summed E-state index contributed by atoms with van der Waals surface area (Å²) in [6.07, 6.45) is -2.48. The summed E-state index contributed by atoms with van der Waals surface area (Å²) in [5, 5.41) is 3.63. The summed E-state index contributed by atoms with van der Waals surface area (Å²) in [5.74, 6) is 0. The third-order valence-electron chi connectivity index (χ3n) is 2.14. The summed E-state index contributed by atoms with van der Waals surface area (Å²) in [7, 11) is 1.83. The molecule has 0 aromatic carbocycles. The monoisotopic (exact) mass is 282 g/mol. The molecular weight excluding hydrogens is 265 g/mol. The highest BCUT2D eigenvalue weighted by Crippen LogP contribution is 2.22. The first-order valence-electron chi connectivity index (χ1n) is 5.72. The number of nitrogens with one attached hydrogen (secondary N) is 1. The molecule has 0 spiro atoms. The summed E-state index contributed by atoms with van der Waals surface area (Å²) in [6.45, 7) is 1.43. The maximum Gasteiger partial charge on any atom is 0.411 e. The van der Waals surface area contributed by atoms with Gasteiger partial charge in [-0.05, 0) is 13.5 Å². The van der Waals surface area contributed by atoms with Gasteiger partial charge in [0.15, 0.2) is 0 Å². The minimum Gasteiger partial charge on any atom is -0.365 e. The number of rotatable bonds is 7. The van der Waals surface area contributed by atoms with Crippen LogP contribution in [0.25, 0.3) is 0 Å². The lowest BCUT2D eigenvalue weighted by Gasteiger charge is -2.05. The molecule has 0 atom stereocenters. The number of hydrogen-bond acceptors (Lipinski definition) is 4. The Morgan fingerprint density at radius 1 is 1.39 bits per heavy atom. The first-order valence-corrected chi connectivity index (χ1v) is 6.54. The van der Waals surface area contributed by atoms with E-state index in [0.717, 1.165) is 23.4 Å².